The largest absolute Gasteiger partial charge is 0.394 e. The molecule has 0 heterocycles. The third-order valence-corrected chi connectivity index (χ3v) is 4.43. The fraction of sp³-hybridized carbons (Fsp3) is 1.00. The standard InChI is InChI=1S/C16H34N2O/c1-5-7-8-11-18(14(3)4)12-16(13-19,17-6-2)15-9-10-15/h14-15,17,19H,5-13H2,1-4H3. The second kappa shape index (κ2) is 8.23. The molecule has 1 saturated carbocycles. The highest BCUT2D eigenvalue weighted by Gasteiger charge is 2.45. The summed E-state index contributed by atoms with van der Waals surface area (Å²) in [6, 6.07) is 0.556. The smallest absolute Gasteiger partial charge is 0.0628 e. The Labute approximate surface area is 119 Å². The van der Waals surface area contributed by atoms with E-state index in [-0.39, 0.29) is 12.1 Å². The molecule has 1 atom stereocenters. The van der Waals surface area contributed by atoms with E-state index in [1.165, 1.54) is 32.1 Å². The van der Waals surface area contributed by atoms with Gasteiger partial charge in [0.2, 0.25) is 0 Å². The molecule has 1 aliphatic rings. The SMILES string of the molecule is CCCCCN(CC(CO)(NCC)C1CC1)C(C)C. The molecule has 0 aliphatic heterocycles. The average molecular weight is 270 g/mol. The van der Waals surface area contributed by atoms with Crippen molar-refractivity contribution in [2.75, 3.05) is 26.2 Å². The lowest BCUT2D eigenvalue weighted by Crippen LogP contribution is -2.59. The minimum atomic E-state index is -0.0643. The maximum atomic E-state index is 9.93. The quantitative estimate of drug-likeness (QED) is 0.567. The highest BCUT2D eigenvalue weighted by molar-refractivity contribution is 5.03. The normalized spacial score (nSPS) is 19.1. The first-order valence-electron chi connectivity index (χ1n) is 8.19. The lowest BCUT2D eigenvalue weighted by molar-refractivity contribution is 0.0769. The van der Waals surface area contributed by atoms with Crippen LogP contribution in [0.2, 0.25) is 0 Å². The lowest BCUT2D eigenvalue weighted by atomic mass is 9.92. The predicted octanol–water partition coefficient (Wildman–Crippen LogP) is 2.64. The maximum Gasteiger partial charge on any atom is 0.0628 e. The van der Waals surface area contributed by atoms with Crippen LogP contribution in [0.4, 0.5) is 0 Å². The van der Waals surface area contributed by atoms with Crippen LogP contribution in [0, 0.1) is 5.92 Å². The van der Waals surface area contributed by atoms with Crippen molar-refractivity contribution in [1.29, 1.82) is 0 Å². The number of hydrogen-bond acceptors (Lipinski definition) is 3. The molecule has 1 fully saturated rings. The van der Waals surface area contributed by atoms with Crippen molar-refractivity contribution >= 4 is 0 Å². The first kappa shape index (κ1) is 16.9. The van der Waals surface area contributed by atoms with Crippen molar-refractivity contribution in [2.24, 2.45) is 5.92 Å². The molecular weight excluding hydrogens is 236 g/mol. The Morgan fingerprint density at radius 3 is 2.37 bits per heavy atom. The van der Waals surface area contributed by atoms with Crippen molar-refractivity contribution in [3.63, 3.8) is 0 Å². The number of aliphatic hydroxyl groups excluding tert-OH is 1. The molecule has 0 radical (unpaired) electrons. The number of nitrogens with one attached hydrogen (secondary N) is 1. The van der Waals surface area contributed by atoms with E-state index in [0.717, 1.165) is 19.6 Å². The molecule has 0 bridgehead atoms. The van der Waals surface area contributed by atoms with Gasteiger partial charge < -0.3 is 10.4 Å². The first-order valence-corrected chi connectivity index (χ1v) is 8.19. The minimum absolute atomic E-state index is 0.0643. The Balaban J connectivity index is 2.61. The Bertz CT molecular complexity index is 241. The number of hydrogen-bond donors (Lipinski definition) is 2. The van der Waals surface area contributed by atoms with Gasteiger partial charge in [0.1, 0.15) is 0 Å². The van der Waals surface area contributed by atoms with Crippen molar-refractivity contribution in [1.82, 2.24) is 10.2 Å². The minimum Gasteiger partial charge on any atom is -0.394 e. The first-order chi connectivity index (χ1) is 9.09. The van der Waals surface area contributed by atoms with E-state index in [1.54, 1.807) is 0 Å². The Morgan fingerprint density at radius 1 is 1.26 bits per heavy atom. The van der Waals surface area contributed by atoms with Gasteiger partial charge in [-0.3, -0.25) is 4.90 Å². The van der Waals surface area contributed by atoms with Crippen molar-refractivity contribution < 1.29 is 5.11 Å². The third kappa shape index (κ3) is 5.05. The van der Waals surface area contributed by atoms with Crippen molar-refractivity contribution in [3.05, 3.63) is 0 Å². The molecule has 114 valence electrons. The van der Waals surface area contributed by atoms with E-state index in [4.69, 9.17) is 0 Å². The maximum absolute atomic E-state index is 9.93. The topological polar surface area (TPSA) is 35.5 Å². The molecule has 1 aliphatic carbocycles. The molecule has 0 spiro atoms. The van der Waals surface area contributed by atoms with Gasteiger partial charge in [-0.05, 0) is 52.1 Å². The van der Waals surface area contributed by atoms with Gasteiger partial charge >= 0.3 is 0 Å². The Kier molecular flexibility index (Phi) is 7.33. The molecule has 0 saturated heterocycles. The lowest BCUT2D eigenvalue weighted by Gasteiger charge is -2.40. The van der Waals surface area contributed by atoms with Crippen LogP contribution in [-0.4, -0.2) is 47.8 Å². The summed E-state index contributed by atoms with van der Waals surface area (Å²) in [5.74, 6) is 0.671. The van der Waals surface area contributed by atoms with Crippen LogP contribution in [0.15, 0.2) is 0 Å². The highest BCUT2D eigenvalue weighted by Crippen LogP contribution is 2.40. The summed E-state index contributed by atoms with van der Waals surface area (Å²) in [7, 11) is 0. The monoisotopic (exact) mass is 270 g/mol. The summed E-state index contributed by atoms with van der Waals surface area (Å²) >= 11 is 0. The van der Waals surface area contributed by atoms with Crippen LogP contribution >= 0.6 is 0 Å². The van der Waals surface area contributed by atoms with Crippen LogP contribution < -0.4 is 5.32 Å². The predicted molar refractivity (Wildman–Crippen MR) is 82.5 cm³/mol. The zero-order chi connectivity index (χ0) is 14.3. The van der Waals surface area contributed by atoms with Gasteiger partial charge in [0.25, 0.3) is 0 Å². The van der Waals surface area contributed by atoms with E-state index in [2.05, 4.69) is 37.9 Å². The molecule has 0 amide bonds. The average Bonchev–Trinajstić information content (AvgIpc) is 3.21. The van der Waals surface area contributed by atoms with Crippen LogP contribution in [0.25, 0.3) is 0 Å². The summed E-state index contributed by atoms with van der Waals surface area (Å²) in [5.41, 5.74) is -0.0643. The summed E-state index contributed by atoms with van der Waals surface area (Å²) in [6.07, 6.45) is 6.39. The molecule has 3 heteroatoms. The second-order valence-corrected chi connectivity index (χ2v) is 6.39. The number of unbranched alkanes of at least 4 members (excludes halogenated alkanes) is 2. The van der Waals surface area contributed by atoms with Gasteiger partial charge in [-0.15, -0.1) is 0 Å². The molecule has 0 aromatic carbocycles. The van der Waals surface area contributed by atoms with E-state index < -0.39 is 0 Å². The molecule has 2 N–H and O–H groups in total. The Morgan fingerprint density at radius 2 is 1.95 bits per heavy atom. The molecule has 19 heavy (non-hydrogen) atoms. The molecule has 0 aromatic heterocycles. The summed E-state index contributed by atoms with van der Waals surface area (Å²) < 4.78 is 0. The molecule has 1 unspecified atom stereocenters. The third-order valence-electron chi connectivity index (χ3n) is 4.43. The van der Waals surface area contributed by atoms with E-state index in [0.29, 0.717) is 12.0 Å². The number of rotatable bonds is 11. The number of aliphatic hydroxyl groups is 1. The number of likely N-dealkylation sites (N-methyl/N-ethyl adjacent to an activating group) is 1. The summed E-state index contributed by atoms with van der Waals surface area (Å²) in [5, 5.41) is 13.5. The van der Waals surface area contributed by atoms with Crippen molar-refractivity contribution in [2.45, 2.75) is 71.4 Å². The zero-order valence-electron chi connectivity index (χ0n) is 13.4. The fourth-order valence-electron chi connectivity index (χ4n) is 3.00. The zero-order valence-corrected chi connectivity index (χ0v) is 13.4. The highest BCUT2D eigenvalue weighted by atomic mass is 16.3. The van der Waals surface area contributed by atoms with Crippen LogP contribution in [0.5, 0.6) is 0 Å². The van der Waals surface area contributed by atoms with Crippen LogP contribution in [0.1, 0.15) is 59.8 Å². The molecule has 1 rings (SSSR count). The molecule has 3 nitrogen and oxygen atoms in total. The van der Waals surface area contributed by atoms with E-state index in [1.807, 2.05) is 0 Å². The Hall–Kier alpha value is -0.120. The van der Waals surface area contributed by atoms with Crippen LogP contribution in [-0.2, 0) is 0 Å². The molecular formula is C16H34N2O. The van der Waals surface area contributed by atoms with Gasteiger partial charge in [-0.1, -0.05) is 26.7 Å². The van der Waals surface area contributed by atoms with Gasteiger partial charge in [0, 0.05) is 12.6 Å². The van der Waals surface area contributed by atoms with Crippen LogP contribution in [0.3, 0.4) is 0 Å². The van der Waals surface area contributed by atoms with Gasteiger partial charge in [-0.2, -0.15) is 0 Å². The van der Waals surface area contributed by atoms with E-state index in [9.17, 15) is 5.11 Å². The van der Waals surface area contributed by atoms with Crippen molar-refractivity contribution in [3.8, 4) is 0 Å². The van der Waals surface area contributed by atoms with Gasteiger partial charge in [0.15, 0.2) is 0 Å². The fourth-order valence-corrected chi connectivity index (χ4v) is 3.00. The van der Waals surface area contributed by atoms with Gasteiger partial charge in [0.05, 0.1) is 12.1 Å². The number of nitrogens with zero attached hydrogens (tertiary/aromatic N) is 1. The second-order valence-electron chi connectivity index (χ2n) is 6.39. The van der Waals surface area contributed by atoms with E-state index >= 15 is 0 Å². The molecule has 0 aromatic rings. The summed E-state index contributed by atoms with van der Waals surface area (Å²) in [6.45, 7) is 12.3. The van der Waals surface area contributed by atoms with Gasteiger partial charge in [-0.25, -0.2) is 0 Å². The summed E-state index contributed by atoms with van der Waals surface area (Å²) in [4.78, 5) is 2.55.